The molecule has 2 nitrogen and oxygen atoms in total. The van der Waals surface area contributed by atoms with Gasteiger partial charge in [0.1, 0.15) is 0 Å². The third kappa shape index (κ3) is 5.52. The number of hydrogen-bond donors (Lipinski definition) is 0. The van der Waals surface area contributed by atoms with E-state index in [1.807, 2.05) is 0 Å². The van der Waals surface area contributed by atoms with Crippen molar-refractivity contribution in [2.24, 2.45) is 0 Å². The lowest BCUT2D eigenvalue weighted by molar-refractivity contribution is 0.794. The summed E-state index contributed by atoms with van der Waals surface area (Å²) in [6.45, 7) is 0. The SMILES string of the molecule is c1ccc(-n2c3ccccc3c3cc(-c4cc5c(cc4N(c4ccc6c7ccccc7c7ccccc7c6c4)c4cccc6ccccc46)C4(c6ccccc6-c6ccccc64)c4ccccc4-5)ccc32)cc1. The van der Waals surface area contributed by atoms with Crippen LogP contribution in [0.25, 0.3) is 104 Å². The average molecular weight is 925 g/mol. The monoisotopic (exact) mass is 924 g/mol. The molecule has 0 aliphatic heterocycles. The number of benzene rings is 13. The first-order chi connectivity index (χ1) is 36.2. The van der Waals surface area contributed by atoms with Gasteiger partial charge in [0.15, 0.2) is 0 Å². The molecule has 1 spiro atoms. The van der Waals surface area contributed by atoms with Crippen LogP contribution in [0.2, 0.25) is 0 Å². The zero-order chi connectivity index (χ0) is 47.8. The maximum Gasteiger partial charge on any atom is 0.0726 e. The summed E-state index contributed by atoms with van der Waals surface area (Å²) in [6, 6.07) is 100. The first kappa shape index (κ1) is 40.3. The van der Waals surface area contributed by atoms with Crippen molar-refractivity contribution in [2.75, 3.05) is 4.90 Å². The molecule has 14 aromatic rings. The highest BCUT2D eigenvalue weighted by atomic mass is 15.1. The van der Waals surface area contributed by atoms with Crippen LogP contribution in [0.5, 0.6) is 0 Å². The summed E-state index contributed by atoms with van der Waals surface area (Å²) in [5.41, 5.74) is 19.1. The van der Waals surface area contributed by atoms with Crippen molar-refractivity contribution in [1.82, 2.24) is 4.57 Å². The maximum absolute atomic E-state index is 2.59. The summed E-state index contributed by atoms with van der Waals surface area (Å²) in [7, 11) is 0. The molecule has 338 valence electrons. The molecule has 2 aliphatic rings. The van der Waals surface area contributed by atoms with E-state index in [2.05, 4.69) is 276 Å². The van der Waals surface area contributed by atoms with Crippen LogP contribution in [0.4, 0.5) is 17.1 Å². The number of hydrogen-bond acceptors (Lipinski definition) is 1. The molecule has 0 saturated heterocycles. The smallest absolute Gasteiger partial charge is 0.0726 e. The molecule has 16 rings (SSSR count). The topological polar surface area (TPSA) is 8.17 Å². The van der Waals surface area contributed by atoms with E-state index in [9.17, 15) is 0 Å². The first-order valence-electron chi connectivity index (χ1n) is 25.4. The predicted octanol–water partition coefficient (Wildman–Crippen LogP) is 18.9. The average Bonchev–Trinajstić information content (AvgIpc) is 4.07. The molecule has 0 unspecified atom stereocenters. The number of anilines is 3. The molecular formula is C71H44N2. The zero-order valence-corrected chi connectivity index (χ0v) is 39.8. The standard InChI is InChI=1S/C71H44N2/c1-2-21-47(22-3-1)72-68-35-17-13-31-58(68)62-41-46(37-40-69(62)72)59-43-61-57-30-12-16-34-65(57)71(63-32-14-10-28-55(63)56-29-11-15-33-64(56)71)66(61)44-70(59)73(67-36-18-20-45-19-4-5-23-49(45)67)48-38-39-54-52-26-7-6-24-50(52)51-25-8-9-27-53(51)60(54)42-48/h1-44H. The van der Waals surface area contributed by atoms with Crippen LogP contribution in [0.1, 0.15) is 22.3 Å². The Bertz CT molecular complexity index is 4550. The fourth-order valence-electron chi connectivity index (χ4n) is 13.4. The molecule has 0 fully saturated rings. The van der Waals surface area contributed by atoms with Gasteiger partial charge in [0.05, 0.1) is 27.8 Å². The van der Waals surface area contributed by atoms with Gasteiger partial charge in [0.25, 0.3) is 0 Å². The molecule has 13 aromatic carbocycles. The van der Waals surface area contributed by atoms with Gasteiger partial charge in [0, 0.05) is 33.1 Å². The van der Waals surface area contributed by atoms with E-state index in [0.717, 1.165) is 28.3 Å². The fraction of sp³-hybridized carbons (Fsp3) is 0.0141. The van der Waals surface area contributed by atoms with Crippen LogP contribution in [0, 0.1) is 0 Å². The van der Waals surface area contributed by atoms with Crippen molar-refractivity contribution in [2.45, 2.75) is 5.41 Å². The van der Waals surface area contributed by atoms with E-state index in [-0.39, 0.29) is 0 Å². The molecule has 73 heavy (non-hydrogen) atoms. The normalized spacial score (nSPS) is 13.0. The van der Waals surface area contributed by atoms with Crippen molar-refractivity contribution >= 4 is 82.0 Å². The quantitative estimate of drug-likeness (QED) is 0.156. The molecule has 0 radical (unpaired) electrons. The van der Waals surface area contributed by atoms with E-state index in [4.69, 9.17) is 0 Å². The highest BCUT2D eigenvalue weighted by molar-refractivity contribution is 6.26. The van der Waals surface area contributed by atoms with Crippen molar-refractivity contribution in [1.29, 1.82) is 0 Å². The van der Waals surface area contributed by atoms with E-state index in [1.54, 1.807) is 0 Å². The Morgan fingerprint density at radius 2 is 0.795 bits per heavy atom. The lowest BCUT2D eigenvalue weighted by atomic mass is 9.70. The summed E-state index contributed by atoms with van der Waals surface area (Å²) in [4.78, 5) is 2.59. The first-order valence-corrected chi connectivity index (χ1v) is 25.4. The van der Waals surface area contributed by atoms with Gasteiger partial charge in [-0.15, -0.1) is 0 Å². The minimum atomic E-state index is -0.539. The van der Waals surface area contributed by atoms with Crippen LogP contribution in [-0.4, -0.2) is 4.57 Å². The Morgan fingerprint density at radius 3 is 1.48 bits per heavy atom. The lowest BCUT2D eigenvalue weighted by Gasteiger charge is -2.34. The van der Waals surface area contributed by atoms with Crippen LogP contribution in [0.3, 0.4) is 0 Å². The zero-order valence-electron chi connectivity index (χ0n) is 39.8. The number of nitrogens with zero attached hydrogens (tertiary/aromatic N) is 2. The molecule has 0 N–H and O–H groups in total. The third-order valence-electron chi connectivity index (χ3n) is 16.3. The van der Waals surface area contributed by atoms with Crippen molar-refractivity contribution in [3.05, 3.63) is 289 Å². The minimum absolute atomic E-state index is 0.539. The predicted molar refractivity (Wildman–Crippen MR) is 307 cm³/mol. The molecule has 0 amide bonds. The van der Waals surface area contributed by atoms with Crippen LogP contribution in [-0.2, 0) is 5.41 Å². The van der Waals surface area contributed by atoms with E-state index in [1.165, 1.54) is 115 Å². The Morgan fingerprint density at radius 1 is 0.274 bits per heavy atom. The van der Waals surface area contributed by atoms with Crippen LogP contribution >= 0.6 is 0 Å². The Hall–Kier alpha value is -9.50. The molecule has 1 aromatic heterocycles. The molecular weight excluding hydrogens is 881 g/mol. The van der Waals surface area contributed by atoms with Gasteiger partial charge in [-0.3, -0.25) is 0 Å². The summed E-state index contributed by atoms with van der Waals surface area (Å²) in [5, 5.41) is 12.4. The van der Waals surface area contributed by atoms with Gasteiger partial charge in [-0.05, 0) is 148 Å². The Balaban J connectivity index is 1.06. The molecule has 0 saturated carbocycles. The van der Waals surface area contributed by atoms with Gasteiger partial charge in [-0.1, -0.05) is 206 Å². The summed E-state index contributed by atoms with van der Waals surface area (Å²) in [5.74, 6) is 0. The highest BCUT2D eigenvalue weighted by Gasteiger charge is 2.52. The third-order valence-corrected chi connectivity index (χ3v) is 16.3. The van der Waals surface area contributed by atoms with E-state index in [0.29, 0.717) is 0 Å². The van der Waals surface area contributed by atoms with E-state index < -0.39 is 5.41 Å². The molecule has 0 atom stereocenters. The molecule has 0 bridgehead atoms. The van der Waals surface area contributed by atoms with Gasteiger partial charge in [0.2, 0.25) is 0 Å². The fourth-order valence-corrected chi connectivity index (χ4v) is 13.4. The van der Waals surface area contributed by atoms with Crippen molar-refractivity contribution in [3.63, 3.8) is 0 Å². The van der Waals surface area contributed by atoms with Crippen LogP contribution in [0.15, 0.2) is 267 Å². The highest BCUT2D eigenvalue weighted by Crippen LogP contribution is 2.64. The molecule has 1 heterocycles. The number of aromatic nitrogens is 1. The minimum Gasteiger partial charge on any atom is -0.309 e. The van der Waals surface area contributed by atoms with Crippen molar-refractivity contribution in [3.8, 4) is 39.1 Å². The number of fused-ring (bicyclic) bond motifs is 20. The van der Waals surface area contributed by atoms with Gasteiger partial charge >= 0.3 is 0 Å². The lowest BCUT2D eigenvalue weighted by Crippen LogP contribution is -2.26. The second-order valence-electron chi connectivity index (χ2n) is 19.9. The number of para-hydroxylation sites is 2. The molecule has 2 heteroatoms. The summed E-state index contributed by atoms with van der Waals surface area (Å²) < 4.78 is 2.42. The second-order valence-corrected chi connectivity index (χ2v) is 19.9. The molecule has 2 aliphatic carbocycles. The number of rotatable bonds is 5. The van der Waals surface area contributed by atoms with Crippen LogP contribution < -0.4 is 4.90 Å². The second kappa shape index (κ2) is 15.3. The van der Waals surface area contributed by atoms with Crippen molar-refractivity contribution < 1.29 is 0 Å². The summed E-state index contributed by atoms with van der Waals surface area (Å²) in [6.07, 6.45) is 0. The Kier molecular flexibility index (Phi) is 8.41. The maximum atomic E-state index is 2.59. The van der Waals surface area contributed by atoms with Gasteiger partial charge in [-0.25, -0.2) is 0 Å². The van der Waals surface area contributed by atoms with Gasteiger partial charge in [-0.2, -0.15) is 0 Å². The largest absolute Gasteiger partial charge is 0.309 e. The van der Waals surface area contributed by atoms with Gasteiger partial charge < -0.3 is 9.47 Å². The summed E-state index contributed by atoms with van der Waals surface area (Å²) >= 11 is 0. The van der Waals surface area contributed by atoms with E-state index >= 15 is 0 Å². The Labute approximate surface area is 422 Å².